The van der Waals surface area contributed by atoms with Crippen molar-refractivity contribution >= 4 is 29.7 Å². The number of piperidine rings is 1. The molecule has 17 nitrogen and oxygen atoms in total. The van der Waals surface area contributed by atoms with Crippen molar-refractivity contribution in [2.45, 2.75) is 141 Å². The molecule has 1 heterocycles. The summed E-state index contributed by atoms with van der Waals surface area (Å²) in [7, 11) is 3.19. The fourth-order valence-corrected chi connectivity index (χ4v) is 9.34. The van der Waals surface area contributed by atoms with E-state index in [-0.39, 0.29) is 63.4 Å². The van der Waals surface area contributed by atoms with Crippen LogP contribution in [0.25, 0.3) is 0 Å². The highest BCUT2D eigenvalue weighted by Crippen LogP contribution is 2.42. The molecule has 4 rings (SSSR count). The molecule has 0 spiro atoms. The van der Waals surface area contributed by atoms with Crippen LogP contribution in [0.2, 0.25) is 0 Å². The Bertz CT molecular complexity index is 2050. The van der Waals surface area contributed by atoms with Gasteiger partial charge in [0.25, 0.3) is 0 Å². The number of methoxy groups -OCH3 is 2. The molecule has 1 atom stereocenters. The number of carbonyl (C=O) groups excluding carboxylic acids is 4. The summed E-state index contributed by atoms with van der Waals surface area (Å²) in [5.41, 5.74) is 1.05. The second-order valence-electron chi connectivity index (χ2n) is 19.8. The second kappa shape index (κ2) is 39.7. The van der Waals surface area contributed by atoms with Gasteiger partial charge in [0, 0.05) is 32.5 Å². The first-order chi connectivity index (χ1) is 38.1. The molecule has 78 heavy (non-hydrogen) atoms. The minimum absolute atomic E-state index is 0.0165. The first kappa shape index (κ1) is 64.9. The van der Waals surface area contributed by atoms with Gasteiger partial charge < -0.3 is 58.5 Å². The number of rotatable bonds is 44. The monoisotopic (exact) mass is 1090 g/mol. The van der Waals surface area contributed by atoms with Gasteiger partial charge in [0.1, 0.15) is 23.1 Å². The van der Waals surface area contributed by atoms with Gasteiger partial charge in [0.2, 0.25) is 17.7 Å². The number of nitrogens with zero attached hydrogens (tertiary/aromatic N) is 1. The van der Waals surface area contributed by atoms with Gasteiger partial charge in [0.05, 0.1) is 93.1 Å². The molecule has 0 bridgehead atoms. The number of hydrogen-bond donors (Lipinski definition) is 3. The summed E-state index contributed by atoms with van der Waals surface area (Å²) in [5.74, 6) is -1.01. The van der Waals surface area contributed by atoms with Crippen LogP contribution in [0.4, 0.5) is 0 Å². The zero-order valence-corrected chi connectivity index (χ0v) is 47.0. The number of ether oxygens (including phenoxy) is 8. The van der Waals surface area contributed by atoms with Crippen LogP contribution in [-0.2, 0) is 58.0 Å². The lowest BCUT2D eigenvalue weighted by Crippen LogP contribution is -2.54. The fourth-order valence-electron chi connectivity index (χ4n) is 9.34. The van der Waals surface area contributed by atoms with E-state index in [1.165, 1.54) is 70.6 Å². The van der Waals surface area contributed by atoms with Gasteiger partial charge in [0.15, 0.2) is 0 Å². The number of amides is 3. The molecule has 1 aliphatic heterocycles. The number of carbonyl (C=O) groups is 5. The Morgan fingerprint density at radius 1 is 0.577 bits per heavy atom. The molecule has 0 aromatic heterocycles. The summed E-state index contributed by atoms with van der Waals surface area (Å²) in [6, 6.07) is 23.6. The van der Waals surface area contributed by atoms with E-state index in [9.17, 15) is 24.0 Å². The second-order valence-corrected chi connectivity index (χ2v) is 19.8. The topological polar surface area (TPSA) is 207 Å². The SMILES string of the molecule is CCCCCCCCCCCCCCCC(=O)NCCOCCOCCOCCOCCC(=O)N[C@@H](COC(c1ccccc1)(c1ccc(OC)cc1)c1ccc(OC)cc1)C(=O)N1CCC(COC(=O)CCC(=O)O)CC1. The highest BCUT2D eigenvalue weighted by molar-refractivity contribution is 5.88. The van der Waals surface area contributed by atoms with Gasteiger partial charge >= 0.3 is 11.9 Å². The van der Waals surface area contributed by atoms with Gasteiger partial charge in [-0.3, -0.25) is 24.0 Å². The number of carboxylic acids is 1. The number of carboxylic acid groups (broad SMARTS) is 1. The summed E-state index contributed by atoms with van der Waals surface area (Å²) in [6.07, 6.45) is 17.8. The summed E-state index contributed by atoms with van der Waals surface area (Å²) in [4.78, 5) is 65.1. The lowest BCUT2D eigenvalue weighted by Gasteiger charge is -2.38. The van der Waals surface area contributed by atoms with E-state index < -0.39 is 29.5 Å². The first-order valence-electron chi connectivity index (χ1n) is 28.6. The average molecular weight is 1090 g/mol. The standard InChI is InChI=1S/C61H91N3O14/c1-4-5-6-7-8-9-10-11-12-13-14-15-19-22-56(65)62-36-40-74-42-44-76-46-45-75-43-41-73-39-35-57(66)63-55(60(70)64-37-33-49(34-38-64)47-77-59(69)32-31-58(67)68)48-78-61(50-20-17-16-18-21-50,51-23-27-53(71-2)28-24-51)52-25-29-54(72-3)30-26-52/h16-18,20-21,23-30,49,55H,4-15,19,22,31-48H2,1-3H3,(H,62,65)(H,63,66)(H,67,68)/t55-/m0/s1. The zero-order chi connectivity index (χ0) is 55.9. The van der Waals surface area contributed by atoms with Crippen LogP contribution in [0.3, 0.4) is 0 Å². The first-order valence-corrected chi connectivity index (χ1v) is 28.6. The summed E-state index contributed by atoms with van der Waals surface area (Å²) in [6.45, 7) is 5.97. The van der Waals surface area contributed by atoms with Crippen LogP contribution in [-0.4, -0.2) is 146 Å². The number of unbranched alkanes of at least 4 members (excludes halogenated alkanes) is 12. The van der Waals surface area contributed by atoms with Gasteiger partial charge in [-0.15, -0.1) is 0 Å². The molecule has 1 fully saturated rings. The van der Waals surface area contributed by atoms with Crippen LogP contribution in [0, 0.1) is 5.92 Å². The van der Waals surface area contributed by atoms with Crippen LogP contribution in [0.5, 0.6) is 11.5 Å². The lowest BCUT2D eigenvalue weighted by atomic mass is 9.80. The smallest absolute Gasteiger partial charge is 0.306 e. The maximum atomic E-state index is 14.5. The van der Waals surface area contributed by atoms with E-state index in [2.05, 4.69) is 17.6 Å². The normalized spacial score (nSPS) is 13.2. The molecule has 0 saturated carbocycles. The molecule has 17 heteroatoms. The molecule has 3 amide bonds. The lowest BCUT2D eigenvalue weighted by molar-refractivity contribution is -0.149. The highest BCUT2D eigenvalue weighted by atomic mass is 16.6. The van der Waals surface area contributed by atoms with E-state index in [1.807, 2.05) is 78.9 Å². The predicted molar refractivity (Wildman–Crippen MR) is 299 cm³/mol. The van der Waals surface area contributed by atoms with E-state index in [4.69, 9.17) is 43.0 Å². The summed E-state index contributed by atoms with van der Waals surface area (Å²) >= 11 is 0. The van der Waals surface area contributed by atoms with Crippen LogP contribution >= 0.6 is 0 Å². The van der Waals surface area contributed by atoms with E-state index in [1.54, 1.807) is 19.1 Å². The Balaban J connectivity index is 1.19. The molecule has 434 valence electrons. The molecule has 0 unspecified atom stereocenters. The van der Waals surface area contributed by atoms with Crippen molar-refractivity contribution < 1.29 is 67.0 Å². The third-order valence-corrected chi connectivity index (χ3v) is 13.9. The minimum atomic E-state index is -1.26. The van der Waals surface area contributed by atoms with Gasteiger partial charge in [-0.1, -0.05) is 139 Å². The largest absolute Gasteiger partial charge is 0.497 e. The highest BCUT2D eigenvalue weighted by Gasteiger charge is 2.40. The van der Waals surface area contributed by atoms with E-state index in [0.717, 1.165) is 29.5 Å². The van der Waals surface area contributed by atoms with Gasteiger partial charge in [-0.2, -0.15) is 0 Å². The third-order valence-electron chi connectivity index (χ3n) is 13.9. The van der Waals surface area contributed by atoms with Crippen molar-refractivity contribution in [3.05, 3.63) is 95.6 Å². The molecule has 0 radical (unpaired) electrons. The van der Waals surface area contributed by atoms with Crippen LogP contribution < -0.4 is 20.1 Å². The van der Waals surface area contributed by atoms with Crippen molar-refractivity contribution in [3.63, 3.8) is 0 Å². The number of likely N-dealkylation sites (tertiary alicyclic amines) is 1. The Morgan fingerprint density at radius 2 is 1.06 bits per heavy atom. The van der Waals surface area contributed by atoms with E-state index in [0.29, 0.717) is 90.0 Å². The van der Waals surface area contributed by atoms with Crippen LogP contribution in [0.15, 0.2) is 78.9 Å². The Morgan fingerprint density at radius 3 is 1.58 bits per heavy atom. The predicted octanol–water partition coefficient (Wildman–Crippen LogP) is 9.20. The molecular weight excluding hydrogens is 999 g/mol. The maximum absolute atomic E-state index is 14.5. The van der Waals surface area contributed by atoms with Crippen molar-refractivity contribution in [2.24, 2.45) is 5.92 Å². The molecule has 3 aromatic rings. The Hall–Kier alpha value is -5.59. The molecule has 3 aromatic carbocycles. The van der Waals surface area contributed by atoms with Crippen molar-refractivity contribution in [1.29, 1.82) is 0 Å². The third kappa shape index (κ3) is 25.5. The average Bonchev–Trinajstić information content (AvgIpc) is 3.59. The number of benzene rings is 3. The van der Waals surface area contributed by atoms with Gasteiger partial charge in [-0.05, 0) is 66.1 Å². The summed E-state index contributed by atoms with van der Waals surface area (Å²) < 4.78 is 46.0. The molecule has 1 saturated heterocycles. The Labute approximate surface area is 464 Å². The Kier molecular flexibility index (Phi) is 33.1. The number of esters is 1. The molecular formula is C61H91N3O14. The number of aliphatic carboxylic acids is 1. The van der Waals surface area contributed by atoms with Crippen molar-refractivity contribution in [1.82, 2.24) is 15.5 Å². The minimum Gasteiger partial charge on any atom is -0.497 e. The maximum Gasteiger partial charge on any atom is 0.306 e. The van der Waals surface area contributed by atoms with Gasteiger partial charge in [-0.25, -0.2) is 0 Å². The quantitative estimate of drug-likeness (QED) is 0.0274. The fraction of sp³-hybridized carbons (Fsp3) is 0.623. The molecule has 0 aliphatic carbocycles. The summed E-state index contributed by atoms with van der Waals surface area (Å²) in [5, 5.41) is 14.8. The van der Waals surface area contributed by atoms with E-state index >= 15 is 0 Å². The zero-order valence-electron chi connectivity index (χ0n) is 47.0. The number of nitrogens with one attached hydrogen (secondary N) is 2. The molecule has 3 N–H and O–H groups in total. The van der Waals surface area contributed by atoms with Crippen molar-refractivity contribution in [3.8, 4) is 11.5 Å². The molecule has 1 aliphatic rings. The van der Waals surface area contributed by atoms with Crippen molar-refractivity contribution in [2.75, 3.05) is 99.9 Å². The number of hydrogen-bond acceptors (Lipinski definition) is 13. The van der Waals surface area contributed by atoms with Crippen LogP contribution in [0.1, 0.15) is 146 Å².